The fourth-order valence-corrected chi connectivity index (χ4v) is 1.48. The molecule has 0 aliphatic heterocycles. The maximum Gasteiger partial charge on any atom is 0.323 e. The Morgan fingerprint density at radius 3 is 2.29 bits per heavy atom. The SMILES string of the molecule is CCC(NC)C(=O)OC(C)CC(C)C. The van der Waals surface area contributed by atoms with Gasteiger partial charge in [-0.3, -0.25) is 4.79 Å². The molecule has 2 unspecified atom stereocenters. The predicted octanol–water partition coefficient (Wildman–Crippen LogP) is 1.96. The third-order valence-electron chi connectivity index (χ3n) is 2.16. The minimum atomic E-state index is -0.162. The predicted molar refractivity (Wildman–Crippen MR) is 58.1 cm³/mol. The van der Waals surface area contributed by atoms with Gasteiger partial charge in [-0.2, -0.15) is 0 Å². The topological polar surface area (TPSA) is 38.3 Å². The molecule has 3 heteroatoms. The van der Waals surface area contributed by atoms with Gasteiger partial charge >= 0.3 is 5.97 Å². The Balaban J connectivity index is 3.91. The molecule has 0 radical (unpaired) electrons. The van der Waals surface area contributed by atoms with E-state index in [-0.39, 0.29) is 18.1 Å². The maximum atomic E-state index is 11.5. The molecule has 0 saturated carbocycles. The Morgan fingerprint density at radius 1 is 1.36 bits per heavy atom. The highest BCUT2D eigenvalue weighted by Crippen LogP contribution is 2.08. The largest absolute Gasteiger partial charge is 0.462 e. The molecule has 0 bridgehead atoms. The summed E-state index contributed by atoms with van der Waals surface area (Å²) in [5.41, 5.74) is 0. The summed E-state index contributed by atoms with van der Waals surface area (Å²) in [5.74, 6) is 0.426. The summed E-state index contributed by atoms with van der Waals surface area (Å²) in [7, 11) is 1.78. The molecule has 0 aromatic rings. The van der Waals surface area contributed by atoms with E-state index < -0.39 is 0 Å². The highest BCUT2D eigenvalue weighted by atomic mass is 16.5. The average Bonchev–Trinajstić information content (AvgIpc) is 2.04. The Morgan fingerprint density at radius 2 is 1.93 bits per heavy atom. The third kappa shape index (κ3) is 5.22. The molecule has 3 nitrogen and oxygen atoms in total. The van der Waals surface area contributed by atoms with Crippen LogP contribution in [-0.2, 0) is 9.53 Å². The van der Waals surface area contributed by atoms with Gasteiger partial charge in [0.2, 0.25) is 0 Å². The van der Waals surface area contributed by atoms with Crippen LogP contribution in [-0.4, -0.2) is 25.2 Å². The van der Waals surface area contributed by atoms with Crippen LogP contribution in [0.2, 0.25) is 0 Å². The van der Waals surface area contributed by atoms with Crippen molar-refractivity contribution in [3.63, 3.8) is 0 Å². The third-order valence-corrected chi connectivity index (χ3v) is 2.16. The van der Waals surface area contributed by atoms with E-state index in [1.165, 1.54) is 0 Å². The van der Waals surface area contributed by atoms with Gasteiger partial charge in [0.25, 0.3) is 0 Å². The van der Waals surface area contributed by atoms with Gasteiger partial charge < -0.3 is 10.1 Å². The molecule has 0 aliphatic carbocycles. The number of hydrogen-bond donors (Lipinski definition) is 1. The molecule has 0 aromatic heterocycles. The van der Waals surface area contributed by atoms with Gasteiger partial charge in [-0.25, -0.2) is 0 Å². The van der Waals surface area contributed by atoms with Crippen molar-refractivity contribution in [1.29, 1.82) is 0 Å². The van der Waals surface area contributed by atoms with E-state index in [2.05, 4.69) is 19.2 Å². The molecule has 0 spiro atoms. The molecule has 0 rings (SSSR count). The molecule has 0 amide bonds. The zero-order chi connectivity index (χ0) is 11.1. The lowest BCUT2D eigenvalue weighted by atomic mass is 10.1. The first-order chi connectivity index (χ1) is 6.51. The van der Waals surface area contributed by atoms with Gasteiger partial charge in [-0.15, -0.1) is 0 Å². The number of carbonyl (C=O) groups excluding carboxylic acids is 1. The van der Waals surface area contributed by atoms with Gasteiger partial charge in [-0.1, -0.05) is 20.8 Å². The highest BCUT2D eigenvalue weighted by Gasteiger charge is 2.18. The van der Waals surface area contributed by atoms with Crippen LogP contribution in [0.1, 0.15) is 40.5 Å². The standard InChI is InChI=1S/C11H23NO2/c1-6-10(12-5)11(13)14-9(4)7-8(2)3/h8-10,12H,6-7H2,1-5H3. The molecular formula is C11H23NO2. The van der Waals surface area contributed by atoms with E-state index in [0.29, 0.717) is 5.92 Å². The van der Waals surface area contributed by atoms with Crippen LogP contribution < -0.4 is 5.32 Å². The molecule has 1 N–H and O–H groups in total. The van der Waals surface area contributed by atoms with Gasteiger partial charge in [0.1, 0.15) is 6.04 Å². The van der Waals surface area contributed by atoms with Crippen molar-refractivity contribution in [3.8, 4) is 0 Å². The minimum absolute atomic E-state index is 0.0184. The Labute approximate surface area is 87.2 Å². The number of likely N-dealkylation sites (N-methyl/N-ethyl adjacent to an activating group) is 1. The monoisotopic (exact) mass is 201 g/mol. The van der Waals surface area contributed by atoms with Crippen molar-refractivity contribution in [1.82, 2.24) is 5.32 Å². The lowest BCUT2D eigenvalue weighted by molar-refractivity contribution is -0.151. The summed E-state index contributed by atoms with van der Waals surface area (Å²) in [5, 5.41) is 2.94. The summed E-state index contributed by atoms with van der Waals surface area (Å²) < 4.78 is 5.30. The molecule has 0 saturated heterocycles. The van der Waals surface area contributed by atoms with Gasteiger partial charge in [-0.05, 0) is 32.7 Å². The van der Waals surface area contributed by atoms with Crippen molar-refractivity contribution < 1.29 is 9.53 Å². The smallest absolute Gasteiger partial charge is 0.323 e. The summed E-state index contributed by atoms with van der Waals surface area (Å²) in [6, 6.07) is -0.162. The lowest BCUT2D eigenvalue weighted by Crippen LogP contribution is -2.36. The number of nitrogens with one attached hydrogen (secondary N) is 1. The average molecular weight is 201 g/mol. The number of carbonyl (C=O) groups is 1. The van der Waals surface area contributed by atoms with Gasteiger partial charge in [0, 0.05) is 0 Å². The minimum Gasteiger partial charge on any atom is -0.462 e. The van der Waals surface area contributed by atoms with Crippen LogP contribution in [0.25, 0.3) is 0 Å². The summed E-state index contributed by atoms with van der Waals surface area (Å²) in [6.45, 7) is 8.16. The zero-order valence-corrected chi connectivity index (χ0v) is 9.96. The van der Waals surface area contributed by atoms with E-state index >= 15 is 0 Å². The van der Waals surface area contributed by atoms with Crippen molar-refractivity contribution >= 4 is 5.97 Å². The zero-order valence-electron chi connectivity index (χ0n) is 9.96. The van der Waals surface area contributed by atoms with Crippen molar-refractivity contribution in [2.24, 2.45) is 5.92 Å². The summed E-state index contributed by atoms with van der Waals surface area (Å²) in [4.78, 5) is 11.5. The van der Waals surface area contributed by atoms with E-state index in [1.807, 2.05) is 13.8 Å². The van der Waals surface area contributed by atoms with Crippen LogP contribution in [0.15, 0.2) is 0 Å². The number of esters is 1. The van der Waals surface area contributed by atoms with E-state index in [0.717, 1.165) is 12.8 Å². The van der Waals surface area contributed by atoms with Crippen LogP contribution in [0.4, 0.5) is 0 Å². The van der Waals surface area contributed by atoms with Crippen LogP contribution in [0.5, 0.6) is 0 Å². The van der Waals surface area contributed by atoms with Crippen molar-refractivity contribution in [3.05, 3.63) is 0 Å². The number of rotatable bonds is 6. The maximum absolute atomic E-state index is 11.5. The molecule has 14 heavy (non-hydrogen) atoms. The van der Waals surface area contributed by atoms with Crippen LogP contribution in [0.3, 0.4) is 0 Å². The first kappa shape index (κ1) is 13.4. The fourth-order valence-electron chi connectivity index (χ4n) is 1.48. The first-order valence-corrected chi connectivity index (χ1v) is 5.39. The molecular weight excluding hydrogens is 178 g/mol. The molecule has 84 valence electrons. The van der Waals surface area contributed by atoms with Crippen molar-refractivity contribution in [2.45, 2.75) is 52.7 Å². The summed E-state index contributed by atoms with van der Waals surface area (Å²) >= 11 is 0. The Hall–Kier alpha value is -0.570. The normalized spacial score (nSPS) is 15.3. The second-order valence-electron chi connectivity index (χ2n) is 4.13. The number of ether oxygens (including phenoxy) is 1. The second kappa shape index (κ2) is 6.82. The molecule has 0 fully saturated rings. The van der Waals surface area contributed by atoms with Crippen LogP contribution in [0, 0.1) is 5.92 Å². The van der Waals surface area contributed by atoms with E-state index in [1.54, 1.807) is 7.05 Å². The van der Waals surface area contributed by atoms with E-state index in [4.69, 9.17) is 4.74 Å². The van der Waals surface area contributed by atoms with Crippen LogP contribution >= 0.6 is 0 Å². The Kier molecular flexibility index (Phi) is 6.54. The molecule has 0 heterocycles. The highest BCUT2D eigenvalue weighted by molar-refractivity contribution is 5.75. The lowest BCUT2D eigenvalue weighted by Gasteiger charge is -2.19. The Bertz CT molecular complexity index is 165. The number of hydrogen-bond acceptors (Lipinski definition) is 3. The molecule has 0 aliphatic rings. The van der Waals surface area contributed by atoms with E-state index in [9.17, 15) is 4.79 Å². The molecule has 2 atom stereocenters. The fraction of sp³-hybridized carbons (Fsp3) is 0.909. The van der Waals surface area contributed by atoms with Gasteiger partial charge in [0.05, 0.1) is 6.10 Å². The quantitative estimate of drug-likeness (QED) is 0.668. The molecule has 0 aromatic carbocycles. The van der Waals surface area contributed by atoms with Crippen molar-refractivity contribution in [2.75, 3.05) is 7.05 Å². The van der Waals surface area contributed by atoms with Gasteiger partial charge in [0.15, 0.2) is 0 Å². The first-order valence-electron chi connectivity index (χ1n) is 5.39. The second-order valence-corrected chi connectivity index (χ2v) is 4.13. The summed E-state index contributed by atoms with van der Waals surface area (Å²) in [6.07, 6.45) is 1.71.